The topological polar surface area (TPSA) is 70.3 Å². The Bertz CT molecular complexity index is 945. The number of ether oxygens (including phenoxy) is 2. The normalized spacial score (nSPS) is 10.9. The SMILES string of the molecule is COc1cc2nc(N)nc(-c3cc(Br)c(C)cc3Br)c2cc1OC. The standard InChI is InChI=1S/C17H15Br2N3O2/c1-8-4-12(19)9(5-11(8)18)16-10-6-14(23-2)15(24-3)7-13(10)21-17(20)22-16/h4-7H,1-3H3,(H2,20,21,22). The van der Waals surface area contributed by atoms with Crippen LogP contribution in [0.3, 0.4) is 0 Å². The molecule has 0 atom stereocenters. The van der Waals surface area contributed by atoms with E-state index in [0.29, 0.717) is 17.0 Å². The molecule has 124 valence electrons. The van der Waals surface area contributed by atoms with Crippen LogP contribution in [-0.2, 0) is 0 Å². The first-order valence-electron chi connectivity index (χ1n) is 7.10. The van der Waals surface area contributed by atoms with E-state index >= 15 is 0 Å². The summed E-state index contributed by atoms with van der Waals surface area (Å²) in [6, 6.07) is 7.71. The van der Waals surface area contributed by atoms with Crippen molar-refractivity contribution >= 4 is 48.7 Å². The molecule has 24 heavy (non-hydrogen) atoms. The molecule has 0 saturated heterocycles. The molecule has 2 N–H and O–H groups in total. The van der Waals surface area contributed by atoms with Gasteiger partial charge in [0.1, 0.15) is 0 Å². The van der Waals surface area contributed by atoms with Crippen LogP contribution >= 0.6 is 31.9 Å². The summed E-state index contributed by atoms with van der Waals surface area (Å²) in [5, 5.41) is 0.832. The second-order valence-corrected chi connectivity index (χ2v) is 6.94. The molecule has 0 radical (unpaired) electrons. The first kappa shape index (κ1) is 17.0. The van der Waals surface area contributed by atoms with Crippen LogP contribution in [-0.4, -0.2) is 24.2 Å². The fourth-order valence-corrected chi connectivity index (χ4v) is 3.50. The van der Waals surface area contributed by atoms with Gasteiger partial charge in [-0.3, -0.25) is 0 Å². The first-order valence-corrected chi connectivity index (χ1v) is 8.68. The van der Waals surface area contributed by atoms with Gasteiger partial charge in [0, 0.05) is 26.0 Å². The molecular weight excluding hydrogens is 438 g/mol. The number of aryl methyl sites for hydroxylation is 1. The second kappa shape index (κ2) is 6.57. The summed E-state index contributed by atoms with van der Waals surface area (Å²) in [6.45, 7) is 2.03. The van der Waals surface area contributed by atoms with Crippen molar-refractivity contribution in [3.05, 3.63) is 38.8 Å². The smallest absolute Gasteiger partial charge is 0.221 e. The molecule has 0 amide bonds. The number of halogens is 2. The first-order chi connectivity index (χ1) is 11.4. The molecule has 1 aromatic heterocycles. The number of methoxy groups -OCH3 is 2. The van der Waals surface area contributed by atoms with Crippen molar-refractivity contribution in [3.8, 4) is 22.8 Å². The van der Waals surface area contributed by atoms with Crippen LogP contribution in [0, 0.1) is 6.92 Å². The van der Waals surface area contributed by atoms with Crippen LogP contribution in [0.4, 0.5) is 5.95 Å². The molecule has 5 nitrogen and oxygen atoms in total. The van der Waals surface area contributed by atoms with Gasteiger partial charge in [0.25, 0.3) is 0 Å². The average molecular weight is 453 g/mol. The molecule has 0 spiro atoms. The zero-order valence-corrected chi connectivity index (χ0v) is 16.5. The number of anilines is 1. The van der Waals surface area contributed by atoms with Gasteiger partial charge in [-0.15, -0.1) is 0 Å². The molecule has 1 heterocycles. The maximum Gasteiger partial charge on any atom is 0.221 e. The van der Waals surface area contributed by atoms with E-state index in [1.165, 1.54) is 0 Å². The Morgan fingerprint density at radius 2 is 1.58 bits per heavy atom. The number of aromatic nitrogens is 2. The van der Waals surface area contributed by atoms with Gasteiger partial charge in [-0.2, -0.15) is 0 Å². The highest BCUT2D eigenvalue weighted by atomic mass is 79.9. The number of rotatable bonds is 3. The fourth-order valence-electron chi connectivity index (χ4n) is 2.51. The number of nitrogen functional groups attached to an aromatic ring is 1. The third kappa shape index (κ3) is 2.93. The van der Waals surface area contributed by atoms with Gasteiger partial charge >= 0.3 is 0 Å². The highest BCUT2D eigenvalue weighted by Gasteiger charge is 2.16. The lowest BCUT2D eigenvalue weighted by Gasteiger charge is -2.13. The van der Waals surface area contributed by atoms with Crippen LogP contribution in [0.1, 0.15) is 5.56 Å². The third-order valence-corrected chi connectivity index (χ3v) is 5.23. The molecule has 0 aliphatic heterocycles. The van der Waals surface area contributed by atoms with E-state index in [1.807, 2.05) is 25.1 Å². The highest BCUT2D eigenvalue weighted by Crippen LogP contribution is 2.39. The molecule has 0 aliphatic carbocycles. The predicted octanol–water partition coefficient (Wildman–Crippen LogP) is 4.73. The Hall–Kier alpha value is -1.86. The average Bonchev–Trinajstić information content (AvgIpc) is 2.56. The minimum absolute atomic E-state index is 0.202. The maximum absolute atomic E-state index is 5.92. The molecule has 0 fully saturated rings. The number of hydrogen-bond donors (Lipinski definition) is 1. The largest absolute Gasteiger partial charge is 0.493 e. The molecule has 0 saturated carbocycles. The van der Waals surface area contributed by atoms with E-state index in [9.17, 15) is 0 Å². The third-order valence-electron chi connectivity index (χ3n) is 3.72. The van der Waals surface area contributed by atoms with Gasteiger partial charge < -0.3 is 15.2 Å². The number of fused-ring (bicyclic) bond motifs is 1. The van der Waals surface area contributed by atoms with E-state index in [-0.39, 0.29) is 5.95 Å². The number of hydrogen-bond acceptors (Lipinski definition) is 5. The monoisotopic (exact) mass is 451 g/mol. The Balaban J connectivity index is 2.37. The van der Waals surface area contributed by atoms with Crippen molar-refractivity contribution in [2.24, 2.45) is 0 Å². The maximum atomic E-state index is 5.92. The summed E-state index contributed by atoms with van der Waals surface area (Å²) in [5.74, 6) is 1.41. The van der Waals surface area contributed by atoms with Crippen LogP contribution < -0.4 is 15.2 Å². The number of nitrogens with zero attached hydrogens (tertiary/aromatic N) is 2. The molecule has 2 aromatic carbocycles. The van der Waals surface area contributed by atoms with Crippen molar-refractivity contribution in [1.29, 1.82) is 0 Å². The molecular formula is C17H15Br2N3O2. The number of nitrogens with two attached hydrogens (primary N) is 1. The van der Waals surface area contributed by atoms with Gasteiger partial charge in [0.2, 0.25) is 5.95 Å². The molecule has 0 bridgehead atoms. The van der Waals surface area contributed by atoms with Crippen molar-refractivity contribution in [3.63, 3.8) is 0 Å². The fraction of sp³-hybridized carbons (Fsp3) is 0.176. The summed E-state index contributed by atoms with van der Waals surface area (Å²) < 4.78 is 12.7. The predicted molar refractivity (Wildman–Crippen MR) is 103 cm³/mol. The Kier molecular flexibility index (Phi) is 4.64. The Labute approximate surface area is 156 Å². The minimum Gasteiger partial charge on any atom is -0.493 e. The van der Waals surface area contributed by atoms with Gasteiger partial charge in [-0.05, 0) is 30.7 Å². The summed E-state index contributed by atoms with van der Waals surface area (Å²) in [4.78, 5) is 8.77. The second-order valence-electron chi connectivity index (χ2n) is 5.24. The lowest BCUT2D eigenvalue weighted by molar-refractivity contribution is 0.356. The van der Waals surface area contributed by atoms with Crippen molar-refractivity contribution < 1.29 is 9.47 Å². The lowest BCUT2D eigenvalue weighted by atomic mass is 10.0. The van der Waals surface area contributed by atoms with E-state index in [4.69, 9.17) is 15.2 Å². The van der Waals surface area contributed by atoms with Crippen LogP contribution in [0.25, 0.3) is 22.2 Å². The van der Waals surface area contributed by atoms with E-state index < -0.39 is 0 Å². The van der Waals surface area contributed by atoms with Gasteiger partial charge in [-0.1, -0.05) is 31.9 Å². The molecule has 3 rings (SSSR count). The van der Waals surface area contributed by atoms with Crippen molar-refractivity contribution in [2.45, 2.75) is 6.92 Å². The Morgan fingerprint density at radius 1 is 0.917 bits per heavy atom. The summed E-state index contributed by atoms with van der Waals surface area (Å²) >= 11 is 7.18. The van der Waals surface area contributed by atoms with Crippen molar-refractivity contribution in [2.75, 3.05) is 20.0 Å². The summed E-state index contributed by atoms with van der Waals surface area (Å²) in [6.07, 6.45) is 0. The molecule has 3 aromatic rings. The lowest BCUT2D eigenvalue weighted by Crippen LogP contribution is -2.00. The minimum atomic E-state index is 0.202. The highest BCUT2D eigenvalue weighted by molar-refractivity contribution is 9.11. The van der Waals surface area contributed by atoms with Crippen LogP contribution in [0.2, 0.25) is 0 Å². The zero-order valence-electron chi connectivity index (χ0n) is 13.4. The summed E-state index contributed by atoms with van der Waals surface area (Å²) in [5.41, 5.74) is 9.38. The van der Waals surface area contributed by atoms with Gasteiger partial charge in [-0.25, -0.2) is 9.97 Å². The Morgan fingerprint density at radius 3 is 2.25 bits per heavy atom. The van der Waals surface area contributed by atoms with Crippen LogP contribution in [0.5, 0.6) is 11.5 Å². The van der Waals surface area contributed by atoms with E-state index in [0.717, 1.165) is 31.2 Å². The van der Waals surface area contributed by atoms with E-state index in [2.05, 4.69) is 41.8 Å². The summed E-state index contributed by atoms with van der Waals surface area (Å²) in [7, 11) is 3.18. The molecule has 0 unspecified atom stereocenters. The van der Waals surface area contributed by atoms with Crippen molar-refractivity contribution in [1.82, 2.24) is 9.97 Å². The van der Waals surface area contributed by atoms with E-state index in [1.54, 1.807) is 20.3 Å². The van der Waals surface area contributed by atoms with Gasteiger partial charge in [0.05, 0.1) is 25.4 Å². The number of benzene rings is 2. The molecule has 0 aliphatic rings. The molecule has 7 heteroatoms. The quantitative estimate of drug-likeness (QED) is 0.621. The van der Waals surface area contributed by atoms with Crippen LogP contribution in [0.15, 0.2) is 33.2 Å². The van der Waals surface area contributed by atoms with Gasteiger partial charge in [0.15, 0.2) is 11.5 Å². The zero-order chi connectivity index (χ0) is 17.4.